The molecular weight excluding hydrogens is 114 g/mol. The van der Waals surface area contributed by atoms with Crippen molar-refractivity contribution in [2.45, 2.75) is 13.3 Å². The Morgan fingerprint density at radius 1 is 1.56 bits per heavy atom. The first-order chi connectivity index (χ1) is 4.16. The molecule has 0 amide bonds. The van der Waals surface area contributed by atoms with Crippen LogP contribution in [0.5, 0.6) is 0 Å². The van der Waals surface area contributed by atoms with Crippen LogP contribution in [0.3, 0.4) is 0 Å². The lowest BCUT2D eigenvalue weighted by molar-refractivity contribution is -0.114. The predicted molar refractivity (Wildman–Crippen MR) is 38.1 cm³/mol. The van der Waals surface area contributed by atoms with Crippen LogP contribution < -0.4 is 0 Å². The second-order valence-electron chi connectivity index (χ2n) is 2.10. The van der Waals surface area contributed by atoms with Crippen LogP contribution in [0.1, 0.15) is 13.3 Å². The minimum atomic E-state index is 0.170. The van der Waals surface area contributed by atoms with E-state index in [9.17, 15) is 4.79 Å². The molecule has 0 aromatic carbocycles. The average molecular weight is 127 g/mol. The van der Waals surface area contributed by atoms with Crippen molar-refractivity contribution >= 4 is 5.78 Å². The van der Waals surface area contributed by atoms with Crippen molar-refractivity contribution in [3.63, 3.8) is 0 Å². The van der Waals surface area contributed by atoms with Gasteiger partial charge in [-0.15, -0.1) is 0 Å². The van der Waals surface area contributed by atoms with E-state index in [0.717, 1.165) is 0 Å². The average Bonchev–Trinajstić information content (AvgIpc) is 1.83. The molecule has 0 heterocycles. The summed E-state index contributed by atoms with van der Waals surface area (Å²) in [6.07, 6.45) is 3.93. The minimum absolute atomic E-state index is 0.170. The highest BCUT2D eigenvalue weighted by molar-refractivity contribution is 5.89. The van der Waals surface area contributed by atoms with E-state index >= 15 is 0 Å². The Kier molecular flexibility index (Phi) is 3.76. The van der Waals surface area contributed by atoms with Gasteiger partial charge in [0.05, 0.1) is 0 Å². The molecule has 0 fully saturated rings. The molecule has 0 aliphatic rings. The molecule has 0 unspecified atom stereocenters. The van der Waals surface area contributed by atoms with E-state index < -0.39 is 0 Å². The van der Waals surface area contributed by atoms with Crippen molar-refractivity contribution in [1.82, 2.24) is 4.90 Å². The number of ketones is 1. The summed E-state index contributed by atoms with van der Waals surface area (Å²) in [5, 5.41) is 0. The fourth-order valence-electron chi connectivity index (χ4n) is 0.350. The highest BCUT2D eigenvalue weighted by Crippen LogP contribution is 1.83. The van der Waals surface area contributed by atoms with Crippen LogP contribution in [-0.2, 0) is 4.79 Å². The smallest absolute Gasteiger partial charge is 0.156 e. The maximum Gasteiger partial charge on any atom is 0.156 e. The third-order valence-corrected chi connectivity index (χ3v) is 0.907. The minimum Gasteiger partial charge on any atom is -0.383 e. The highest BCUT2D eigenvalue weighted by Gasteiger charge is 1.87. The molecule has 0 aliphatic carbocycles. The van der Waals surface area contributed by atoms with Gasteiger partial charge in [-0.3, -0.25) is 4.79 Å². The third kappa shape index (κ3) is 5.07. The molecule has 0 radical (unpaired) electrons. The van der Waals surface area contributed by atoms with E-state index in [2.05, 4.69) is 0 Å². The van der Waals surface area contributed by atoms with Gasteiger partial charge >= 0.3 is 0 Å². The van der Waals surface area contributed by atoms with Gasteiger partial charge in [0.15, 0.2) is 5.78 Å². The summed E-state index contributed by atoms with van der Waals surface area (Å²) in [6.45, 7) is 1.85. The van der Waals surface area contributed by atoms with Gasteiger partial charge in [-0.2, -0.15) is 0 Å². The van der Waals surface area contributed by atoms with Crippen LogP contribution in [0.4, 0.5) is 0 Å². The van der Waals surface area contributed by atoms with Gasteiger partial charge in [0, 0.05) is 26.7 Å². The Bertz CT molecular complexity index is 116. The van der Waals surface area contributed by atoms with E-state index in [1.54, 1.807) is 12.3 Å². The van der Waals surface area contributed by atoms with Gasteiger partial charge in [0.2, 0.25) is 0 Å². The van der Waals surface area contributed by atoms with Crippen molar-refractivity contribution in [3.05, 3.63) is 12.3 Å². The molecule has 0 rings (SSSR count). The van der Waals surface area contributed by atoms with Crippen LogP contribution in [0.25, 0.3) is 0 Å². The first-order valence-corrected chi connectivity index (χ1v) is 3.04. The van der Waals surface area contributed by atoms with Gasteiger partial charge in [0.25, 0.3) is 0 Å². The van der Waals surface area contributed by atoms with Gasteiger partial charge in [-0.25, -0.2) is 0 Å². The fraction of sp³-hybridized carbons (Fsp3) is 0.571. The summed E-state index contributed by atoms with van der Waals surface area (Å²) in [6, 6.07) is 0. The molecule has 0 aromatic rings. The molecule has 0 aliphatic heterocycles. The number of allylic oxidation sites excluding steroid dienone is 1. The maximum absolute atomic E-state index is 10.6. The lowest BCUT2D eigenvalue weighted by Crippen LogP contribution is -2.01. The van der Waals surface area contributed by atoms with Gasteiger partial charge in [-0.05, 0) is 6.08 Å². The molecule has 2 nitrogen and oxygen atoms in total. The van der Waals surface area contributed by atoms with Crippen molar-refractivity contribution in [2.24, 2.45) is 0 Å². The fourth-order valence-corrected chi connectivity index (χ4v) is 0.350. The van der Waals surface area contributed by atoms with E-state index in [4.69, 9.17) is 0 Å². The molecule has 0 spiro atoms. The normalized spacial score (nSPS) is 10.1. The topological polar surface area (TPSA) is 20.3 Å². The molecule has 0 saturated heterocycles. The summed E-state index contributed by atoms with van der Waals surface area (Å²) in [5.41, 5.74) is 0. The summed E-state index contributed by atoms with van der Waals surface area (Å²) in [4.78, 5) is 12.4. The SMILES string of the molecule is CCC(=O)C=CN(C)C. The lowest BCUT2D eigenvalue weighted by Gasteiger charge is -2.01. The summed E-state index contributed by atoms with van der Waals surface area (Å²) in [7, 11) is 3.78. The van der Waals surface area contributed by atoms with Gasteiger partial charge in [-0.1, -0.05) is 6.92 Å². The zero-order chi connectivity index (χ0) is 7.28. The summed E-state index contributed by atoms with van der Waals surface area (Å²) < 4.78 is 0. The molecule has 0 aromatic heterocycles. The Morgan fingerprint density at radius 3 is 2.44 bits per heavy atom. The van der Waals surface area contributed by atoms with Crippen LogP contribution >= 0.6 is 0 Å². The predicted octanol–water partition coefficient (Wildman–Crippen LogP) is 1.04. The van der Waals surface area contributed by atoms with Crippen LogP contribution in [0.2, 0.25) is 0 Å². The van der Waals surface area contributed by atoms with Crippen molar-refractivity contribution in [3.8, 4) is 0 Å². The van der Waals surface area contributed by atoms with Crippen LogP contribution in [0.15, 0.2) is 12.3 Å². The number of nitrogens with zero attached hydrogens (tertiary/aromatic N) is 1. The van der Waals surface area contributed by atoms with Crippen molar-refractivity contribution in [2.75, 3.05) is 14.1 Å². The van der Waals surface area contributed by atoms with Gasteiger partial charge in [0.1, 0.15) is 0 Å². The Labute approximate surface area is 56.2 Å². The Balaban J connectivity index is 3.57. The van der Waals surface area contributed by atoms with E-state index in [1.165, 1.54) is 0 Å². The largest absolute Gasteiger partial charge is 0.383 e. The summed E-state index contributed by atoms with van der Waals surface area (Å²) in [5.74, 6) is 0.170. The lowest BCUT2D eigenvalue weighted by atomic mass is 10.3. The summed E-state index contributed by atoms with van der Waals surface area (Å²) >= 11 is 0. The second kappa shape index (κ2) is 4.13. The highest BCUT2D eigenvalue weighted by atomic mass is 16.1. The molecular formula is C7H13NO. The van der Waals surface area contributed by atoms with E-state index in [0.29, 0.717) is 6.42 Å². The first-order valence-electron chi connectivity index (χ1n) is 3.04. The number of rotatable bonds is 3. The molecule has 0 saturated carbocycles. The maximum atomic E-state index is 10.6. The molecule has 9 heavy (non-hydrogen) atoms. The van der Waals surface area contributed by atoms with Crippen molar-refractivity contribution in [1.29, 1.82) is 0 Å². The Morgan fingerprint density at radius 2 is 2.11 bits per heavy atom. The monoisotopic (exact) mass is 127 g/mol. The van der Waals surface area contributed by atoms with E-state index in [-0.39, 0.29) is 5.78 Å². The molecule has 0 atom stereocenters. The van der Waals surface area contributed by atoms with Gasteiger partial charge < -0.3 is 4.90 Å². The number of carbonyl (C=O) groups excluding carboxylic acids is 1. The quantitative estimate of drug-likeness (QED) is 0.528. The number of hydrogen-bond donors (Lipinski definition) is 0. The molecule has 2 heteroatoms. The van der Waals surface area contributed by atoms with Crippen LogP contribution in [-0.4, -0.2) is 24.8 Å². The van der Waals surface area contributed by atoms with E-state index in [1.807, 2.05) is 25.9 Å². The van der Waals surface area contributed by atoms with Crippen LogP contribution in [0, 0.1) is 0 Å². The zero-order valence-corrected chi connectivity index (χ0v) is 6.22. The first kappa shape index (κ1) is 8.21. The number of hydrogen-bond acceptors (Lipinski definition) is 2. The van der Waals surface area contributed by atoms with Crippen molar-refractivity contribution < 1.29 is 4.79 Å². The third-order valence-electron chi connectivity index (χ3n) is 0.907. The molecule has 52 valence electrons. The standard InChI is InChI=1S/C7H13NO/c1-4-7(9)5-6-8(2)3/h5-6H,4H2,1-3H3. The second-order valence-corrected chi connectivity index (χ2v) is 2.10. The molecule has 0 bridgehead atoms. The zero-order valence-electron chi connectivity index (χ0n) is 6.22. The Hall–Kier alpha value is -0.790. The number of carbonyl (C=O) groups is 1. The molecule has 0 N–H and O–H groups in total.